The molecule has 0 unspecified atom stereocenters. The third kappa shape index (κ3) is 1.45. The standard InChI is InChI=1S/C16H10IN/c17-12-5-6-13-14-7-10-3-1-2-4-11(10)8-15(14)18-16(13)9-12/h1-9,18H. The summed E-state index contributed by atoms with van der Waals surface area (Å²) in [5.74, 6) is 0. The summed E-state index contributed by atoms with van der Waals surface area (Å²) in [6.07, 6.45) is 0. The normalized spacial score (nSPS) is 11.6. The summed E-state index contributed by atoms with van der Waals surface area (Å²) < 4.78 is 1.26. The van der Waals surface area contributed by atoms with E-state index in [0.29, 0.717) is 0 Å². The summed E-state index contributed by atoms with van der Waals surface area (Å²) in [5, 5.41) is 5.19. The Hall–Kier alpha value is -1.55. The van der Waals surface area contributed by atoms with Gasteiger partial charge in [0.2, 0.25) is 0 Å². The van der Waals surface area contributed by atoms with E-state index < -0.39 is 0 Å². The first-order valence-electron chi connectivity index (χ1n) is 5.91. The number of aromatic nitrogens is 1. The van der Waals surface area contributed by atoms with E-state index in [2.05, 4.69) is 82.2 Å². The number of fused-ring (bicyclic) bond motifs is 4. The molecule has 0 radical (unpaired) electrons. The third-order valence-corrected chi connectivity index (χ3v) is 4.10. The Labute approximate surface area is 118 Å². The Bertz CT molecular complexity index is 889. The molecule has 18 heavy (non-hydrogen) atoms. The molecule has 1 aromatic heterocycles. The Morgan fingerprint density at radius 3 is 2.28 bits per heavy atom. The van der Waals surface area contributed by atoms with Crippen molar-refractivity contribution >= 4 is 55.2 Å². The number of hydrogen-bond donors (Lipinski definition) is 1. The van der Waals surface area contributed by atoms with Gasteiger partial charge in [-0.25, -0.2) is 0 Å². The first-order valence-corrected chi connectivity index (χ1v) is 6.99. The van der Waals surface area contributed by atoms with Crippen LogP contribution >= 0.6 is 22.6 Å². The summed E-state index contributed by atoms with van der Waals surface area (Å²) >= 11 is 2.35. The molecule has 4 rings (SSSR count). The van der Waals surface area contributed by atoms with Crippen molar-refractivity contribution in [2.75, 3.05) is 0 Å². The smallest absolute Gasteiger partial charge is 0.0475 e. The van der Waals surface area contributed by atoms with Crippen molar-refractivity contribution in [1.82, 2.24) is 4.98 Å². The molecule has 0 fully saturated rings. The van der Waals surface area contributed by atoms with Crippen LogP contribution in [0.3, 0.4) is 0 Å². The molecule has 2 heteroatoms. The fourth-order valence-corrected chi connectivity index (χ4v) is 3.06. The van der Waals surface area contributed by atoms with Crippen LogP contribution < -0.4 is 0 Å². The monoisotopic (exact) mass is 343 g/mol. The predicted molar refractivity (Wildman–Crippen MR) is 86.0 cm³/mol. The minimum atomic E-state index is 1.21. The Balaban J connectivity index is 2.23. The van der Waals surface area contributed by atoms with Gasteiger partial charge in [0.05, 0.1) is 0 Å². The molecule has 86 valence electrons. The van der Waals surface area contributed by atoms with Crippen molar-refractivity contribution in [3.63, 3.8) is 0 Å². The molecule has 0 atom stereocenters. The molecule has 0 aliphatic heterocycles. The lowest BCUT2D eigenvalue weighted by molar-refractivity contribution is 1.54. The van der Waals surface area contributed by atoms with Crippen LogP contribution in [0.25, 0.3) is 32.6 Å². The van der Waals surface area contributed by atoms with Crippen LogP contribution in [0.15, 0.2) is 54.6 Å². The molecule has 0 saturated heterocycles. The third-order valence-electron chi connectivity index (χ3n) is 3.43. The fourth-order valence-electron chi connectivity index (χ4n) is 2.57. The van der Waals surface area contributed by atoms with Crippen LogP contribution in [0.1, 0.15) is 0 Å². The quantitative estimate of drug-likeness (QED) is 0.429. The summed E-state index contributed by atoms with van der Waals surface area (Å²) in [5.41, 5.74) is 2.43. The van der Waals surface area contributed by atoms with E-state index in [0.717, 1.165) is 0 Å². The molecular weight excluding hydrogens is 333 g/mol. The highest BCUT2D eigenvalue weighted by Crippen LogP contribution is 2.30. The highest BCUT2D eigenvalue weighted by Gasteiger charge is 2.05. The highest BCUT2D eigenvalue weighted by molar-refractivity contribution is 14.1. The maximum absolute atomic E-state index is 3.51. The van der Waals surface area contributed by atoms with E-state index in [-0.39, 0.29) is 0 Å². The molecule has 0 aliphatic carbocycles. The van der Waals surface area contributed by atoms with E-state index in [9.17, 15) is 0 Å². The number of H-pyrrole nitrogens is 1. The Morgan fingerprint density at radius 1 is 0.722 bits per heavy atom. The van der Waals surface area contributed by atoms with Crippen LogP contribution in [0.5, 0.6) is 0 Å². The van der Waals surface area contributed by atoms with E-state index in [1.807, 2.05) is 0 Å². The minimum absolute atomic E-state index is 1.21. The minimum Gasteiger partial charge on any atom is -0.354 e. The Morgan fingerprint density at radius 2 is 1.44 bits per heavy atom. The van der Waals surface area contributed by atoms with Crippen LogP contribution in [0, 0.1) is 3.57 Å². The molecule has 0 bridgehead atoms. The predicted octanol–water partition coefficient (Wildman–Crippen LogP) is 5.08. The van der Waals surface area contributed by atoms with Gasteiger partial charge in [0.25, 0.3) is 0 Å². The zero-order valence-corrected chi connectivity index (χ0v) is 11.7. The molecule has 1 nitrogen and oxygen atoms in total. The lowest BCUT2D eigenvalue weighted by atomic mass is 10.1. The van der Waals surface area contributed by atoms with Crippen molar-refractivity contribution in [2.24, 2.45) is 0 Å². The van der Waals surface area contributed by atoms with Gasteiger partial charge >= 0.3 is 0 Å². The molecular formula is C16H10IN. The average Bonchev–Trinajstić information content (AvgIpc) is 2.72. The molecule has 3 aromatic carbocycles. The van der Waals surface area contributed by atoms with Gasteiger partial charge in [-0.2, -0.15) is 0 Å². The van der Waals surface area contributed by atoms with Gasteiger partial charge in [0.1, 0.15) is 0 Å². The van der Waals surface area contributed by atoms with Gasteiger partial charge in [0, 0.05) is 25.4 Å². The maximum atomic E-state index is 3.51. The van der Waals surface area contributed by atoms with Gasteiger partial charge in [-0.3, -0.25) is 0 Å². The van der Waals surface area contributed by atoms with Crippen molar-refractivity contribution in [1.29, 1.82) is 0 Å². The zero-order valence-electron chi connectivity index (χ0n) is 9.57. The van der Waals surface area contributed by atoms with Gasteiger partial charge in [0.15, 0.2) is 0 Å². The molecule has 1 heterocycles. The second kappa shape index (κ2) is 3.72. The molecule has 4 aromatic rings. The largest absolute Gasteiger partial charge is 0.354 e. The first kappa shape index (κ1) is 10.4. The summed E-state index contributed by atoms with van der Waals surface area (Å²) in [7, 11) is 0. The van der Waals surface area contributed by atoms with E-state index >= 15 is 0 Å². The van der Waals surface area contributed by atoms with Crippen molar-refractivity contribution < 1.29 is 0 Å². The lowest BCUT2D eigenvalue weighted by Gasteiger charge is -1.97. The number of halogens is 1. The summed E-state index contributed by atoms with van der Waals surface area (Å²) in [6, 6.07) is 19.6. The van der Waals surface area contributed by atoms with E-state index in [1.54, 1.807) is 0 Å². The molecule has 0 amide bonds. The second-order valence-corrected chi connectivity index (χ2v) is 5.81. The summed E-state index contributed by atoms with van der Waals surface area (Å²) in [4.78, 5) is 3.51. The van der Waals surface area contributed by atoms with Gasteiger partial charge in [-0.05, 0) is 57.6 Å². The maximum Gasteiger partial charge on any atom is 0.0475 e. The lowest BCUT2D eigenvalue weighted by Crippen LogP contribution is -1.72. The fraction of sp³-hybridized carbons (Fsp3) is 0. The first-order chi connectivity index (χ1) is 8.81. The number of aromatic amines is 1. The van der Waals surface area contributed by atoms with Crippen LogP contribution in [-0.4, -0.2) is 4.98 Å². The number of hydrogen-bond acceptors (Lipinski definition) is 0. The SMILES string of the molecule is Ic1ccc2c(c1)[nH]c1cc3ccccc3cc12. The van der Waals surface area contributed by atoms with Crippen LogP contribution in [-0.2, 0) is 0 Å². The van der Waals surface area contributed by atoms with Crippen molar-refractivity contribution in [3.8, 4) is 0 Å². The molecule has 0 saturated carbocycles. The number of benzene rings is 3. The molecule has 0 aliphatic rings. The van der Waals surface area contributed by atoms with Crippen LogP contribution in [0.4, 0.5) is 0 Å². The van der Waals surface area contributed by atoms with Gasteiger partial charge < -0.3 is 4.98 Å². The van der Waals surface area contributed by atoms with Crippen molar-refractivity contribution in [2.45, 2.75) is 0 Å². The topological polar surface area (TPSA) is 15.8 Å². The van der Waals surface area contributed by atoms with Crippen molar-refractivity contribution in [3.05, 3.63) is 58.2 Å². The molecule has 1 N–H and O–H groups in total. The zero-order chi connectivity index (χ0) is 12.1. The number of nitrogens with one attached hydrogen (secondary N) is 1. The van der Waals surface area contributed by atoms with E-state index in [4.69, 9.17) is 0 Å². The molecule has 0 spiro atoms. The highest BCUT2D eigenvalue weighted by atomic mass is 127. The average molecular weight is 343 g/mol. The van der Waals surface area contributed by atoms with E-state index in [1.165, 1.54) is 36.1 Å². The van der Waals surface area contributed by atoms with Gasteiger partial charge in [-0.15, -0.1) is 0 Å². The number of rotatable bonds is 0. The second-order valence-electron chi connectivity index (χ2n) is 4.56. The van der Waals surface area contributed by atoms with Gasteiger partial charge in [-0.1, -0.05) is 30.3 Å². The van der Waals surface area contributed by atoms with Crippen LogP contribution in [0.2, 0.25) is 0 Å². The summed E-state index contributed by atoms with van der Waals surface area (Å²) in [6.45, 7) is 0. The Kier molecular flexibility index (Phi) is 2.14.